The van der Waals surface area contributed by atoms with Crippen LogP contribution >= 0.6 is 0 Å². The first-order valence-corrected chi connectivity index (χ1v) is 2.49. The van der Waals surface area contributed by atoms with Gasteiger partial charge in [-0.05, 0) is 0 Å². The van der Waals surface area contributed by atoms with Gasteiger partial charge in [0.1, 0.15) is 0 Å². The highest BCUT2D eigenvalue weighted by Crippen LogP contribution is 2.38. The van der Waals surface area contributed by atoms with Crippen molar-refractivity contribution in [2.75, 3.05) is 13.2 Å². The summed E-state index contributed by atoms with van der Waals surface area (Å²) in [5.74, 6) is 0. The zero-order valence-corrected chi connectivity index (χ0v) is 4.74. The molecule has 2 nitrogen and oxygen atoms in total. The second kappa shape index (κ2) is 2.06. The van der Waals surface area contributed by atoms with Crippen LogP contribution in [0.2, 0.25) is 0 Å². The van der Waals surface area contributed by atoms with Gasteiger partial charge in [0.25, 0.3) is 0 Å². The van der Waals surface area contributed by atoms with E-state index >= 15 is 0 Å². The molecule has 10 heavy (non-hydrogen) atoms. The summed E-state index contributed by atoms with van der Waals surface area (Å²) in [6.07, 6.45) is -8.96. The lowest BCUT2D eigenvalue weighted by Gasteiger charge is -2.29. The van der Waals surface area contributed by atoms with Crippen molar-refractivity contribution in [2.45, 2.75) is 12.2 Å². The molecule has 0 aromatic rings. The zero-order valence-electron chi connectivity index (χ0n) is 4.74. The Morgan fingerprint density at radius 1 is 0.800 bits per heavy atom. The third-order valence-electron chi connectivity index (χ3n) is 0.989. The molecule has 0 spiro atoms. The highest BCUT2D eigenvalue weighted by Gasteiger charge is 2.61. The number of hydrogen-bond donors (Lipinski definition) is 0. The minimum Gasteiger partial charge on any atom is -0.311 e. The number of ether oxygens (including phenoxy) is 2. The normalized spacial score (nSPS) is 30.0. The Bertz CT molecular complexity index is 119. The summed E-state index contributed by atoms with van der Waals surface area (Å²) in [5, 5.41) is 0. The number of alkyl halides is 4. The molecule has 60 valence electrons. The van der Waals surface area contributed by atoms with Crippen LogP contribution in [0.1, 0.15) is 0 Å². The molecule has 0 bridgehead atoms. The summed E-state index contributed by atoms with van der Waals surface area (Å²) >= 11 is 0. The molecule has 1 saturated heterocycles. The molecule has 0 amide bonds. The fraction of sp³-hybridized carbons (Fsp3) is 1.00. The largest absolute Gasteiger partial charge is 0.448 e. The molecule has 6 heteroatoms. The first kappa shape index (κ1) is 7.74. The van der Waals surface area contributed by atoms with Gasteiger partial charge in [0.15, 0.2) is 0 Å². The van der Waals surface area contributed by atoms with Crippen LogP contribution in [-0.2, 0) is 9.47 Å². The van der Waals surface area contributed by atoms with E-state index in [1.165, 1.54) is 0 Å². The van der Waals surface area contributed by atoms with Crippen molar-refractivity contribution in [3.8, 4) is 0 Å². The van der Waals surface area contributed by atoms with Gasteiger partial charge in [0, 0.05) is 0 Å². The molecule has 0 N–H and O–H groups in total. The van der Waals surface area contributed by atoms with E-state index in [4.69, 9.17) is 0 Å². The second-order valence-electron chi connectivity index (χ2n) is 1.73. The predicted molar refractivity (Wildman–Crippen MR) is 21.8 cm³/mol. The van der Waals surface area contributed by atoms with Crippen LogP contribution in [0, 0.1) is 0 Å². The minimum absolute atomic E-state index is 0.511. The maximum absolute atomic E-state index is 11.9. The lowest BCUT2D eigenvalue weighted by Crippen LogP contribution is -2.49. The van der Waals surface area contributed by atoms with Gasteiger partial charge < -0.3 is 9.47 Å². The second-order valence-corrected chi connectivity index (χ2v) is 1.73. The van der Waals surface area contributed by atoms with Crippen molar-refractivity contribution in [1.29, 1.82) is 0 Å². The van der Waals surface area contributed by atoms with Crippen LogP contribution in [-0.4, -0.2) is 25.4 Å². The summed E-state index contributed by atoms with van der Waals surface area (Å²) in [6.45, 7) is -1.02. The van der Waals surface area contributed by atoms with Gasteiger partial charge in [0.05, 0.1) is 13.2 Å². The molecule has 1 rings (SSSR count). The van der Waals surface area contributed by atoms with E-state index in [1.54, 1.807) is 0 Å². The standard InChI is InChI=1S/C4H4F4O2/c5-3(6)4(7,8)10-2-1-9-3/h1-2H2. The maximum atomic E-state index is 11.9. The Balaban J connectivity index is 2.70. The van der Waals surface area contributed by atoms with Gasteiger partial charge in [-0.25, -0.2) is 0 Å². The Morgan fingerprint density at radius 3 is 1.30 bits per heavy atom. The lowest BCUT2D eigenvalue weighted by atomic mass is 10.5. The SMILES string of the molecule is FC1(F)OCCOC1(F)F. The summed E-state index contributed by atoms with van der Waals surface area (Å²) in [7, 11) is 0. The van der Waals surface area contributed by atoms with Crippen molar-refractivity contribution >= 4 is 0 Å². The molecule has 1 aliphatic heterocycles. The van der Waals surface area contributed by atoms with Crippen molar-refractivity contribution < 1.29 is 27.0 Å². The highest BCUT2D eigenvalue weighted by atomic mass is 19.3. The van der Waals surface area contributed by atoms with Crippen molar-refractivity contribution in [3.63, 3.8) is 0 Å². The van der Waals surface area contributed by atoms with E-state index < -0.39 is 25.4 Å². The Hall–Kier alpha value is -0.360. The molecule has 0 radical (unpaired) electrons. The smallest absolute Gasteiger partial charge is 0.311 e. The molecule has 0 aromatic carbocycles. The summed E-state index contributed by atoms with van der Waals surface area (Å²) in [6, 6.07) is 0. The van der Waals surface area contributed by atoms with E-state index in [1.807, 2.05) is 0 Å². The maximum Gasteiger partial charge on any atom is 0.448 e. The zero-order chi connectivity index (χ0) is 7.83. The predicted octanol–water partition coefficient (Wildman–Crippen LogP) is 1.22. The number of hydrogen-bond acceptors (Lipinski definition) is 2. The quantitative estimate of drug-likeness (QED) is 0.496. The topological polar surface area (TPSA) is 18.5 Å². The minimum atomic E-state index is -4.48. The van der Waals surface area contributed by atoms with E-state index in [2.05, 4.69) is 9.47 Å². The third-order valence-corrected chi connectivity index (χ3v) is 0.989. The monoisotopic (exact) mass is 160 g/mol. The van der Waals surface area contributed by atoms with E-state index in [9.17, 15) is 17.6 Å². The van der Waals surface area contributed by atoms with Crippen LogP contribution in [0.5, 0.6) is 0 Å². The van der Waals surface area contributed by atoms with E-state index in [-0.39, 0.29) is 0 Å². The van der Waals surface area contributed by atoms with Gasteiger partial charge >= 0.3 is 12.2 Å². The Labute approximate surface area is 53.7 Å². The van der Waals surface area contributed by atoms with Crippen LogP contribution in [0.4, 0.5) is 17.6 Å². The fourth-order valence-electron chi connectivity index (χ4n) is 0.508. The van der Waals surface area contributed by atoms with Gasteiger partial charge in [-0.15, -0.1) is 0 Å². The van der Waals surface area contributed by atoms with Gasteiger partial charge in [-0.3, -0.25) is 0 Å². The van der Waals surface area contributed by atoms with Crippen LogP contribution in [0.15, 0.2) is 0 Å². The van der Waals surface area contributed by atoms with Gasteiger partial charge in [-0.1, -0.05) is 0 Å². The van der Waals surface area contributed by atoms with Crippen LogP contribution in [0.3, 0.4) is 0 Å². The van der Waals surface area contributed by atoms with Crippen molar-refractivity contribution in [1.82, 2.24) is 0 Å². The fourth-order valence-corrected chi connectivity index (χ4v) is 0.508. The van der Waals surface area contributed by atoms with Crippen LogP contribution < -0.4 is 0 Å². The molecule has 1 fully saturated rings. The first-order chi connectivity index (χ1) is 4.46. The average molecular weight is 160 g/mol. The third kappa shape index (κ3) is 1.08. The molecule has 0 atom stereocenters. The molecule has 0 aromatic heterocycles. The molecular weight excluding hydrogens is 156 g/mol. The summed E-state index contributed by atoms with van der Waals surface area (Å²) in [5.41, 5.74) is 0. The molecule has 1 aliphatic rings. The first-order valence-electron chi connectivity index (χ1n) is 2.49. The summed E-state index contributed by atoms with van der Waals surface area (Å²) in [4.78, 5) is 0. The number of rotatable bonds is 0. The lowest BCUT2D eigenvalue weighted by molar-refractivity contribution is -0.459. The molecular formula is C4H4F4O2. The molecule has 0 saturated carbocycles. The molecule has 1 heterocycles. The highest BCUT2D eigenvalue weighted by molar-refractivity contribution is 4.69. The molecule has 0 unspecified atom stereocenters. The Morgan fingerprint density at radius 2 is 1.10 bits per heavy atom. The van der Waals surface area contributed by atoms with Gasteiger partial charge in [-0.2, -0.15) is 17.6 Å². The number of halogens is 4. The summed E-state index contributed by atoms with van der Waals surface area (Å²) < 4.78 is 54.5. The van der Waals surface area contributed by atoms with Crippen molar-refractivity contribution in [3.05, 3.63) is 0 Å². The van der Waals surface area contributed by atoms with Gasteiger partial charge in [0.2, 0.25) is 0 Å². The Kier molecular flexibility index (Phi) is 1.60. The van der Waals surface area contributed by atoms with E-state index in [0.29, 0.717) is 0 Å². The van der Waals surface area contributed by atoms with Crippen molar-refractivity contribution in [2.24, 2.45) is 0 Å². The average Bonchev–Trinajstić information content (AvgIpc) is 1.77. The van der Waals surface area contributed by atoms with E-state index in [0.717, 1.165) is 0 Å². The molecule has 0 aliphatic carbocycles. The van der Waals surface area contributed by atoms with Crippen LogP contribution in [0.25, 0.3) is 0 Å².